The highest BCUT2D eigenvalue weighted by molar-refractivity contribution is 7.90. The molecule has 1 saturated heterocycles. The Hall–Kier alpha value is -3.99. The Balaban J connectivity index is 1.36. The van der Waals surface area contributed by atoms with Crippen molar-refractivity contribution in [3.05, 3.63) is 35.5 Å². The minimum Gasteiger partial charge on any atom is -0.497 e. The summed E-state index contributed by atoms with van der Waals surface area (Å²) in [6, 6.07) is 3.75. The Labute approximate surface area is 340 Å². The molecule has 2 aliphatic heterocycles. The topological polar surface area (TPSA) is 171 Å². The number of aromatic nitrogens is 2. The number of halogens is 4. The zero-order valence-electron chi connectivity index (χ0n) is 33.1. The average Bonchev–Trinajstić information content (AvgIpc) is 4.07. The lowest BCUT2D eigenvalue weighted by molar-refractivity contribution is -0.257. The number of amides is 2. The summed E-state index contributed by atoms with van der Waals surface area (Å²) in [5.41, 5.74) is -3.38. The number of carbonyl (C=O) groups is 4. The molecule has 0 spiro atoms. The number of methoxy groups -OCH3 is 1. The molecule has 1 aromatic carbocycles. The average molecular weight is 855 g/mol. The van der Waals surface area contributed by atoms with Crippen molar-refractivity contribution in [2.24, 2.45) is 29.1 Å². The second-order valence-corrected chi connectivity index (χ2v) is 19.1. The van der Waals surface area contributed by atoms with Crippen LogP contribution < -0.4 is 14.2 Å². The van der Waals surface area contributed by atoms with Crippen molar-refractivity contribution < 1.29 is 55.0 Å². The van der Waals surface area contributed by atoms with Crippen molar-refractivity contribution in [3.63, 3.8) is 0 Å². The van der Waals surface area contributed by atoms with Crippen molar-refractivity contribution in [2.75, 3.05) is 13.7 Å². The lowest BCUT2D eigenvalue weighted by Crippen LogP contribution is -2.48. The smallest absolute Gasteiger partial charge is 0.427 e. The SMILES string of the molecule is CC[C@@H]1C[C@H](C)CC/C=C\[C@@H]2C[C@@]2(C(=O)NS(=O)(=O)C2CC2)CC(=O)[C@@H]2C[C@@H](Oc3nc4cc(OC)ccc4nc3Cl)CN2C(=O)[C@H]1CC(=O)OC(C)(C)C(F)(F)F. The van der Waals surface area contributed by atoms with Crippen LogP contribution in [0.25, 0.3) is 11.0 Å². The van der Waals surface area contributed by atoms with Gasteiger partial charge >= 0.3 is 12.1 Å². The van der Waals surface area contributed by atoms with Crippen molar-refractivity contribution >= 4 is 56.2 Å². The van der Waals surface area contributed by atoms with E-state index in [1.807, 2.05) is 26.0 Å². The number of fused-ring (bicyclic) bond motifs is 3. The van der Waals surface area contributed by atoms with Gasteiger partial charge in [-0.1, -0.05) is 44.0 Å². The van der Waals surface area contributed by atoms with E-state index in [4.69, 9.17) is 25.8 Å². The van der Waals surface area contributed by atoms with Gasteiger partial charge in [0, 0.05) is 18.9 Å². The van der Waals surface area contributed by atoms with Crippen molar-refractivity contribution in [2.45, 2.75) is 121 Å². The number of rotatable bonds is 10. The van der Waals surface area contributed by atoms with Crippen LogP contribution in [0.1, 0.15) is 91.9 Å². The fourth-order valence-corrected chi connectivity index (χ4v) is 9.73. The maximum absolute atomic E-state index is 14.9. The number of hydrogen-bond donors (Lipinski definition) is 1. The first-order chi connectivity index (χ1) is 27.2. The number of nitrogens with zero attached hydrogens (tertiary/aromatic N) is 3. The Kier molecular flexibility index (Phi) is 12.5. The molecular formula is C40H50ClF3N4O9S. The normalized spacial score (nSPS) is 29.1. The predicted molar refractivity (Wildman–Crippen MR) is 206 cm³/mol. The summed E-state index contributed by atoms with van der Waals surface area (Å²) in [6.07, 6.45) is -0.0467. The second-order valence-electron chi connectivity index (χ2n) is 16.7. The number of allylic oxidation sites excluding steroid dienone is 2. The molecule has 1 aromatic heterocycles. The van der Waals surface area contributed by atoms with E-state index < -0.39 is 98.8 Å². The van der Waals surface area contributed by atoms with Gasteiger partial charge in [-0.2, -0.15) is 13.2 Å². The third kappa shape index (κ3) is 9.40. The Bertz CT molecular complexity index is 2080. The molecule has 0 radical (unpaired) electrons. The molecule has 7 atom stereocenters. The van der Waals surface area contributed by atoms with E-state index in [-0.39, 0.29) is 36.3 Å². The number of sulfonamides is 1. The second kappa shape index (κ2) is 16.6. The maximum atomic E-state index is 14.9. The van der Waals surface area contributed by atoms with Gasteiger partial charge in [0.1, 0.15) is 11.9 Å². The van der Waals surface area contributed by atoms with Crippen LogP contribution in [0, 0.1) is 29.1 Å². The van der Waals surface area contributed by atoms with Gasteiger partial charge in [-0.25, -0.2) is 18.4 Å². The molecule has 2 amide bonds. The monoisotopic (exact) mass is 854 g/mol. The quantitative estimate of drug-likeness (QED) is 0.204. The summed E-state index contributed by atoms with van der Waals surface area (Å²) < 4.78 is 85.9. The summed E-state index contributed by atoms with van der Waals surface area (Å²) in [6.45, 7) is 5.08. The molecule has 2 aliphatic carbocycles. The van der Waals surface area contributed by atoms with Crippen LogP contribution in [-0.4, -0.2) is 89.7 Å². The van der Waals surface area contributed by atoms with Crippen LogP contribution in [0.3, 0.4) is 0 Å². The van der Waals surface area contributed by atoms with Crippen LogP contribution in [0.4, 0.5) is 13.2 Å². The first-order valence-electron chi connectivity index (χ1n) is 19.7. The molecule has 18 heteroatoms. The fraction of sp³-hybridized carbons (Fsp3) is 0.650. The molecule has 58 heavy (non-hydrogen) atoms. The van der Waals surface area contributed by atoms with E-state index in [0.29, 0.717) is 55.3 Å². The predicted octanol–water partition coefficient (Wildman–Crippen LogP) is 6.51. The van der Waals surface area contributed by atoms with Gasteiger partial charge in [-0.3, -0.25) is 23.9 Å². The molecule has 3 heterocycles. The number of esters is 1. The number of alkyl halides is 3. The fourth-order valence-electron chi connectivity index (χ4n) is 8.16. The Morgan fingerprint density at radius 2 is 1.81 bits per heavy atom. The number of ether oxygens (including phenoxy) is 3. The summed E-state index contributed by atoms with van der Waals surface area (Å²) in [4.78, 5) is 66.9. The van der Waals surface area contributed by atoms with Gasteiger partial charge in [0.05, 0.1) is 53.7 Å². The molecule has 4 aliphatic rings. The van der Waals surface area contributed by atoms with Crippen LogP contribution in [0.15, 0.2) is 30.4 Å². The molecule has 0 bridgehead atoms. The van der Waals surface area contributed by atoms with Gasteiger partial charge in [0.2, 0.25) is 27.4 Å². The molecular weight excluding hydrogens is 805 g/mol. The van der Waals surface area contributed by atoms with E-state index in [2.05, 4.69) is 14.7 Å². The maximum Gasteiger partial charge on any atom is 0.427 e. The van der Waals surface area contributed by atoms with Crippen molar-refractivity contribution in [3.8, 4) is 11.6 Å². The molecule has 3 fully saturated rings. The Morgan fingerprint density at radius 3 is 2.47 bits per heavy atom. The minimum atomic E-state index is -4.88. The van der Waals surface area contributed by atoms with E-state index in [9.17, 15) is 40.8 Å². The summed E-state index contributed by atoms with van der Waals surface area (Å²) >= 11 is 6.51. The molecule has 2 saturated carbocycles. The van der Waals surface area contributed by atoms with E-state index >= 15 is 0 Å². The Morgan fingerprint density at radius 1 is 1.09 bits per heavy atom. The summed E-state index contributed by atoms with van der Waals surface area (Å²) in [5.74, 6) is -4.86. The van der Waals surface area contributed by atoms with Gasteiger partial charge in [-0.05, 0) is 82.3 Å². The molecule has 13 nitrogen and oxygen atoms in total. The lowest BCUT2D eigenvalue weighted by Gasteiger charge is -2.34. The van der Waals surface area contributed by atoms with Crippen molar-refractivity contribution in [1.82, 2.24) is 19.6 Å². The number of nitrogens with one attached hydrogen (secondary N) is 1. The van der Waals surface area contributed by atoms with Gasteiger partial charge in [-0.15, -0.1) is 0 Å². The van der Waals surface area contributed by atoms with Gasteiger partial charge < -0.3 is 19.1 Å². The van der Waals surface area contributed by atoms with Gasteiger partial charge in [0.25, 0.3) is 5.88 Å². The summed E-state index contributed by atoms with van der Waals surface area (Å²) in [5, 5.41) is -0.767. The third-order valence-corrected chi connectivity index (χ3v) is 14.1. The molecule has 318 valence electrons. The highest BCUT2D eigenvalue weighted by Gasteiger charge is 2.62. The number of hydrogen-bond acceptors (Lipinski definition) is 11. The lowest BCUT2D eigenvalue weighted by atomic mass is 9.79. The zero-order valence-corrected chi connectivity index (χ0v) is 34.7. The molecule has 1 N–H and O–H groups in total. The minimum absolute atomic E-state index is 0.00735. The third-order valence-electron chi connectivity index (χ3n) is 12.0. The first kappa shape index (κ1) is 43.6. The largest absolute Gasteiger partial charge is 0.497 e. The summed E-state index contributed by atoms with van der Waals surface area (Å²) in [7, 11) is -2.46. The van der Waals surface area contributed by atoms with Crippen LogP contribution >= 0.6 is 11.6 Å². The standard InChI is InChI=1S/C40H50ClF3N4O9S/c1-6-23-15-22(2)9-7-8-10-24-19-39(24,37(52)47-58(53,54)27-12-13-27)20-32(49)31-17-26(56-35-34(41)45-29-14-11-25(55-5)16-30(29)46-35)21-48(31)36(51)28(23)18-33(50)57-38(3,4)40(42,43)44/h8,10-11,14,16,22-24,26-28,31H,6-7,9,12-13,15,17-21H2,1-5H3,(H,47,52)/b10-8-/t22-,23-,24-,26-,28+,31+,39-/m1/s1. The van der Waals surface area contributed by atoms with Crippen LogP contribution in [0.5, 0.6) is 11.6 Å². The van der Waals surface area contributed by atoms with Crippen molar-refractivity contribution in [1.29, 1.82) is 0 Å². The van der Waals surface area contributed by atoms with E-state index in [1.165, 1.54) is 12.0 Å². The van der Waals surface area contributed by atoms with E-state index in [0.717, 1.165) is 13.8 Å². The molecule has 6 rings (SSSR count). The number of ketones is 1. The van der Waals surface area contributed by atoms with Gasteiger partial charge in [0.15, 0.2) is 10.9 Å². The van der Waals surface area contributed by atoms with Crippen LogP contribution in [-0.2, 0) is 33.9 Å². The van der Waals surface area contributed by atoms with Crippen LogP contribution in [0.2, 0.25) is 5.15 Å². The highest BCUT2D eigenvalue weighted by atomic mass is 35.5. The highest BCUT2D eigenvalue weighted by Crippen LogP contribution is 2.57. The molecule has 0 unspecified atom stereocenters. The molecule has 2 aromatic rings. The number of carbonyl (C=O) groups excluding carboxylic acids is 4. The first-order valence-corrected chi connectivity index (χ1v) is 21.6. The number of benzene rings is 1. The van der Waals surface area contributed by atoms with E-state index in [1.54, 1.807) is 18.2 Å². The zero-order chi connectivity index (χ0) is 42.4. The number of Topliss-reactive ketones (excluding diaryl/α,β-unsaturated/α-hetero) is 1.